The molecule has 36 heteroatoms. The quantitative estimate of drug-likeness (QED) is 0.0301. The van der Waals surface area contributed by atoms with E-state index in [1.165, 1.54) is 56.3 Å². The van der Waals surface area contributed by atoms with Crippen LogP contribution in [0, 0.1) is 29.6 Å². The molecule has 16 aromatic rings. The zero-order valence-electron chi connectivity index (χ0n) is 83.3. The number of rotatable bonds is 22. The molecular weight excluding hydrogens is 1840 g/mol. The molecule has 6 fully saturated rings. The van der Waals surface area contributed by atoms with Crippen molar-refractivity contribution in [1.29, 1.82) is 0 Å². The maximum absolute atomic E-state index is 13.2. The van der Waals surface area contributed by atoms with Crippen LogP contribution in [0.25, 0.3) is 88.1 Å². The number of amides is 7. The molecule has 12 aromatic heterocycles. The van der Waals surface area contributed by atoms with Crippen LogP contribution >= 0.6 is 0 Å². The third-order valence-corrected chi connectivity index (χ3v) is 27.6. The highest BCUT2D eigenvalue weighted by atomic mass is 16.5. The smallest absolute Gasteiger partial charge is 0.321 e. The van der Waals surface area contributed by atoms with Crippen LogP contribution in [0.15, 0.2) is 220 Å². The Morgan fingerprint density at radius 1 is 0.315 bits per heavy atom. The van der Waals surface area contributed by atoms with Gasteiger partial charge in [0.15, 0.2) is 22.8 Å². The number of piperidine rings is 4. The normalized spacial score (nSPS) is 15.4. The van der Waals surface area contributed by atoms with Crippen LogP contribution in [0.1, 0.15) is 139 Å². The molecule has 10 N–H and O–H groups in total. The van der Waals surface area contributed by atoms with Gasteiger partial charge in [0, 0.05) is 167 Å². The van der Waals surface area contributed by atoms with E-state index in [2.05, 4.69) is 182 Å². The number of benzene rings is 4. The Morgan fingerprint density at radius 3 is 0.945 bits per heavy atom. The molecule has 22 rings (SSSR count). The van der Waals surface area contributed by atoms with Crippen LogP contribution in [0.2, 0.25) is 0 Å². The lowest BCUT2D eigenvalue weighted by Crippen LogP contribution is -2.36. The van der Waals surface area contributed by atoms with Crippen LogP contribution in [-0.2, 0) is 16.1 Å². The summed E-state index contributed by atoms with van der Waals surface area (Å²) in [5, 5.41) is 49.3. The maximum atomic E-state index is 13.2. The van der Waals surface area contributed by atoms with E-state index >= 15 is 0 Å². The number of pyridine rings is 8. The van der Waals surface area contributed by atoms with Gasteiger partial charge in [-0.25, -0.2) is 24.7 Å². The number of urea groups is 1. The second-order valence-electron chi connectivity index (χ2n) is 39.3. The molecule has 4 aromatic carbocycles. The molecule has 0 unspecified atom stereocenters. The van der Waals surface area contributed by atoms with Crippen molar-refractivity contribution in [3.05, 3.63) is 248 Å². The minimum Gasteiger partial charge on any atom is -0.378 e. The lowest BCUT2D eigenvalue weighted by atomic mass is 9.99. The lowest BCUT2D eigenvalue weighted by molar-refractivity contribution is -0.117. The first-order chi connectivity index (χ1) is 71.0. The Bertz CT molecular complexity index is 7100. The molecule has 146 heavy (non-hydrogen) atoms. The molecule has 36 nitrogen and oxygen atoms in total. The minimum absolute atomic E-state index is 0.0382. The largest absolute Gasteiger partial charge is 0.378 e. The topological polar surface area (TPSA) is 424 Å². The number of hydrogen-bond donors (Lipinski definition) is 10. The summed E-state index contributed by atoms with van der Waals surface area (Å²) < 4.78 is 5.47. The van der Waals surface area contributed by atoms with Crippen LogP contribution < -0.4 is 56.4 Å². The molecule has 17 heterocycles. The predicted molar refractivity (Wildman–Crippen MR) is 573 cm³/mol. The second kappa shape index (κ2) is 45.0. The third-order valence-electron chi connectivity index (χ3n) is 27.6. The summed E-state index contributed by atoms with van der Waals surface area (Å²) in [6, 6.07) is 46.5. The Hall–Kier alpha value is -16.5. The van der Waals surface area contributed by atoms with E-state index in [0.717, 1.165) is 234 Å². The van der Waals surface area contributed by atoms with E-state index in [1.807, 2.05) is 172 Å². The Labute approximate surface area is 845 Å². The number of morpholine rings is 1. The van der Waals surface area contributed by atoms with Gasteiger partial charge in [-0.05, 0) is 251 Å². The highest BCUT2D eigenvalue weighted by molar-refractivity contribution is 6.15. The SMILES string of the molecule is CC1CCN(c2ccc(NC(=O)c3n[nH]c4ccc(-c5cncc(CN(C)C)c5)cc34)cn2)CC1.CC1CCN(c2ccc(NC(=O)c3n[nH]c4ccc(-c5cncc(N6CCOCC6)c5)cc34)cn2)CC1.CC1CCN(c2ccc(NC(=O)c3n[nH]c4ccc(-c5cncc(NC(=O)C6CC6)c5)cc34)cn2)CC1.CC1CCN(c2ccc(NC(=O)c3n[nH]c4ccc(-c5cncc(NC(=O)N(C)C)c5)cc34)cn2)CC1. The average Bonchev–Trinajstić information content (AvgIpc) is 1.44. The minimum atomic E-state index is -0.324. The number of hydrogen-bond acceptors (Lipinski definition) is 25. The predicted octanol–water partition coefficient (Wildman–Crippen LogP) is 18.4. The molecule has 0 radical (unpaired) electrons. The van der Waals surface area contributed by atoms with Crippen molar-refractivity contribution in [2.24, 2.45) is 29.6 Å². The van der Waals surface area contributed by atoms with Gasteiger partial charge in [-0.2, -0.15) is 20.4 Å². The van der Waals surface area contributed by atoms with E-state index in [0.29, 0.717) is 62.0 Å². The maximum Gasteiger partial charge on any atom is 0.321 e. The third kappa shape index (κ3) is 24.2. The number of nitrogens with zero attached hydrogens (tertiary/aromatic N) is 19. The van der Waals surface area contributed by atoms with Crippen molar-refractivity contribution in [3.8, 4) is 44.5 Å². The Morgan fingerprint density at radius 2 is 0.630 bits per heavy atom. The van der Waals surface area contributed by atoms with E-state index in [4.69, 9.17) is 4.74 Å². The molecule has 0 bridgehead atoms. The first-order valence-electron chi connectivity index (χ1n) is 50.1. The van der Waals surface area contributed by atoms with Crippen molar-refractivity contribution in [2.45, 2.75) is 98.4 Å². The van der Waals surface area contributed by atoms with Gasteiger partial charge in [0.25, 0.3) is 23.6 Å². The first-order valence-corrected chi connectivity index (χ1v) is 50.1. The Balaban J connectivity index is 0.000000123. The van der Waals surface area contributed by atoms with Crippen molar-refractivity contribution in [3.63, 3.8) is 0 Å². The fourth-order valence-corrected chi connectivity index (χ4v) is 18.6. The molecule has 5 aliphatic heterocycles. The molecule has 0 atom stereocenters. The van der Waals surface area contributed by atoms with Gasteiger partial charge in [0.05, 0.1) is 118 Å². The lowest BCUT2D eigenvalue weighted by Gasteiger charge is -2.31. The van der Waals surface area contributed by atoms with Gasteiger partial charge < -0.3 is 70.9 Å². The molecule has 1 saturated carbocycles. The van der Waals surface area contributed by atoms with Crippen LogP contribution in [0.4, 0.5) is 67.9 Å². The number of fused-ring (bicyclic) bond motifs is 4. The highest BCUT2D eigenvalue weighted by Crippen LogP contribution is 2.37. The van der Waals surface area contributed by atoms with Crippen LogP contribution in [-0.4, -0.2) is 233 Å². The number of carbonyl (C=O) groups excluding carboxylic acids is 6. The fourth-order valence-electron chi connectivity index (χ4n) is 18.6. The summed E-state index contributed by atoms with van der Waals surface area (Å²) in [5.74, 6) is 5.79. The fraction of sp³-hybridized carbons (Fsp3) is 0.327. The number of ether oxygens (including phenoxy) is 1. The molecule has 1 aliphatic carbocycles. The van der Waals surface area contributed by atoms with Gasteiger partial charge in [0.1, 0.15) is 23.3 Å². The summed E-state index contributed by atoms with van der Waals surface area (Å²) in [7, 11) is 7.41. The van der Waals surface area contributed by atoms with Gasteiger partial charge >= 0.3 is 6.03 Å². The molecule has 6 aliphatic rings. The van der Waals surface area contributed by atoms with Gasteiger partial charge in [-0.1, -0.05) is 52.0 Å². The molecule has 0 spiro atoms. The molecule has 5 saturated heterocycles. The number of carbonyl (C=O) groups is 6. The van der Waals surface area contributed by atoms with Gasteiger partial charge in [-0.3, -0.25) is 64.3 Å². The summed E-state index contributed by atoms with van der Waals surface area (Å²) in [6.45, 7) is 21.2. The zero-order valence-corrected chi connectivity index (χ0v) is 83.3. The number of aromatic amines is 4. The second-order valence-corrected chi connectivity index (χ2v) is 39.3. The standard InChI is InChI=1S/C28H31N7O2.C28H29N7O2.C27H30N8O2.C27H31N7O/c1-19-6-8-35(9-7-19)26-5-3-22(17-30-26)31-28(36)27-24-15-20(2-4-25(24)32-33-27)21-14-23(18-29-16-21)34-10-12-37-13-11-34;1-17-8-10-35(11-9-17)25-7-5-21(16-30-25)31-28(37)26-23-13-19(4-6-24(23)33-34-26)20-12-22(15-29-14-20)32-27(36)18-2-3-18;1-17-8-10-35(11-9-17)24-7-5-20(16-29-24)30-26(36)25-22-13-18(4-6-23(22)32-33-25)19-12-21(15-28-14-19)31-27(37)34(2)3;1-18-8-10-34(11-9-18)25-7-5-22(16-29-25)30-27(35)26-23-13-20(4-6-24(23)31-32-26)21-12-19(14-28-15-21)17-33(2)3/h2-5,14-19H,6-13H2,1H3,(H,31,36)(H,32,33);4-7,12-18H,2-3,8-11H2,1H3,(H,31,37)(H,32,36)(H,33,34);4-7,12-17H,8-11H2,1-3H3,(H,30,36)(H,31,37)(H,32,33);4-7,12-16,18H,8-11,17H2,1-3H3,(H,30,35)(H,31,32). The summed E-state index contributed by atoms with van der Waals surface area (Å²) in [6.07, 6.45) is 32.2. The van der Waals surface area contributed by atoms with Crippen molar-refractivity contribution >= 4 is 142 Å². The van der Waals surface area contributed by atoms with E-state index < -0.39 is 0 Å². The van der Waals surface area contributed by atoms with E-state index in [1.54, 1.807) is 63.7 Å². The monoisotopic (exact) mass is 1960 g/mol. The average molecular weight is 1960 g/mol. The van der Waals surface area contributed by atoms with Crippen molar-refractivity contribution in [1.82, 2.24) is 90.5 Å². The summed E-state index contributed by atoms with van der Waals surface area (Å²) in [4.78, 5) is 127. The van der Waals surface area contributed by atoms with Gasteiger partial charge in [0.2, 0.25) is 5.91 Å². The first kappa shape index (κ1) is 98.3. The number of anilines is 11. The van der Waals surface area contributed by atoms with Crippen LogP contribution in [0.5, 0.6) is 0 Å². The molecule has 748 valence electrons. The van der Waals surface area contributed by atoms with Gasteiger partial charge in [-0.15, -0.1) is 0 Å². The van der Waals surface area contributed by atoms with E-state index in [-0.39, 0.29) is 47.2 Å². The molecule has 7 amide bonds. The zero-order chi connectivity index (χ0) is 101. The number of aromatic nitrogens is 16. The summed E-state index contributed by atoms with van der Waals surface area (Å²) >= 11 is 0. The highest BCUT2D eigenvalue weighted by Gasteiger charge is 2.31. The molecular formula is C110H121N29O7. The van der Waals surface area contributed by atoms with Crippen LogP contribution in [0.3, 0.4) is 0 Å². The Kier molecular flexibility index (Phi) is 30.3. The van der Waals surface area contributed by atoms with Crippen molar-refractivity contribution < 1.29 is 33.5 Å². The number of H-pyrrole nitrogens is 4. The van der Waals surface area contributed by atoms with Crippen molar-refractivity contribution in [2.75, 3.05) is 163 Å². The van der Waals surface area contributed by atoms with E-state index in [9.17, 15) is 28.8 Å². The summed E-state index contributed by atoms with van der Waals surface area (Å²) in [5.41, 5.74) is 17.7. The number of nitrogens with one attached hydrogen (secondary N) is 10.